The Morgan fingerprint density at radius 2 is 1.97 bits per heavy atom. The summed E-state index contributed by atoms with van der Waals surface area (Å²) in [6, 6.07) is 3.46. The Bertz CT molecular complexity index is 869. The van der Waals surface area contributed by atoms with E-state index in [2.05, 4.69) is 60.7 Å². The average Bonchev–Trinajstić information content (AvgIpc) is 3.29. The van der Waals surface area contributed by atoms with Crippen LogP contribution in [-0.2, 0) is 0 Å². The Kier molecular flexibility index (Phi) is 6.70. The van der Waals surface area contributed by atoms with Gasteiger partial charge in [-0.15, -0.1) is 0 Å². The molecule has 1 aromatic heterocycles. The van der Waals surface area contributed by atoms with Gasteiger partial charge in [0.1, 0.15) is 0 Å². The summed E-state index contributed by atoms with van der Waals surface area (Å²) in [5.74, 6) is 0.125. The summed E-state index contributed by atoms with van der Waals surface area (Å²) >= 11 is 0. The fourth-order valence-corrected chi connectivity index (χ4v) is 5.54. The molecule has 3 fully saturated rings. The molecule has 2 amide bonds. The van der Waals surface area contributed by atoms with Crippen LogP contribution in [0.15, 0.2) is 12.1 Å². The van der Waals surface area contributed by atoms with Crippen LogP contribution in [0.5, 0.6) is 5.88 Å². The molecule has 0 aliphatic carbocycles. The second-order valence-corrected chi connectivity index (χ2v) is 9.95. The highest BCUT2D eigenvalue weighted by Crippen LogP contribution is 2.39. The monoisotopic (exact) mass is 463 g/mol. The minimum atomic E-state index is -0.439. The van der Waals surface area contributed by atoms with E-state index < -0.39 is 11.4 Å². The number of likely N-dealkylation sites (N-methyl/N-ethyl adjacent to an activating group) is 1. The van der Waals surface area contributed by atoms with Crippen molar-refractivity contribution >= 4 is 11.8 Å². The molecule has 184 valence electrons. The Balaban J connectivity index is 1.49. The van der Waals surface area contributed by atoms with Gasteiger partial charge in [0.25, 0.3) is 0 Å². The van der Waals surface area contributed by atoms with Gasteiger partial charge >= 0.3 is 6.03 Å². The van der Waals surface area contributed by atoms with Crippen LogP contribution in [-0.4, -0.2) is 88.3 Å². The summed E-state index contributed by atoms with van der Waals surface area (Å²) < 4.78 is 19.9. The number of hydrogen-bond acceptors (Lipinski definition) is 7. The molecule has 9 nitrogen and oxygen atoms in total. The van der Waals surface area contributed by atoms with Crippen LogP contribution in [0.4, 0.5) is 15.0 Å². The highest BCUT2D eigenvalue weighted by molar-refractivity contribution is 5.76. The van der Waals surface area contributed by atoms with E-state index in [-0.39, 0.29) is 36.0 Å². The van der Waals surface area contributed by atoms with E-state index in [1.165, 1.54) is 12.1 Å². The maximum absolute atomic E-state index is 14.4. The Morgan fingerprint density at radius 1 is 1.21 bits per heavy atom. The molecule has 0 bridgehead atoms. The molecule has 0 radical (unpaired) electrons. The number of rotatable bonds is 5. The highest BCUT2D eigenvalue weighted by atomic mass is 19.1. The number of fused-ring (bicyclic) bond motifs is 1. The quantitative estimate of drug-likeness (QED) is 0.617. The largest absolute Gasteiger partial charge is 0.478 e. The number of likely N-dealkylation sites (tertiary alicyclic amines) is 1. The van der Waals surface area contributed by atoms with Crippen LogP contribution in [0.3, 0.4) is 0 Å². The first-order valence-corrected chi connectivity index (χ1v) is 12.1. The number of carbonyl (C=O) groups is 1. The normalized spacial score (nSPS) is 31.5. The first-order chi connectivity index (χ1) is 15.7. The van der Waals surface area contributed by atoms with Gasteiger partial charge in [0.05, 0.1) is 24.4 Å². The van der Waals surface area contributed by atoms with Crippen molar-refractivity contribution in [3.05, 3.63) is 17.9 Å². The van der Waals surface area contributed by atoms with Gasteiger partial charge in [0.15, 0.2) is 11.6 Å². The fourth-order valence-electron chi connectivity index (χ4n) is 5.54. The predicted molar refractivity (Wildman–Crippen MR) is 125 cm³/mol. The topological polar surface area (TPSA) is 85.0 Å². The van der Waals surface area contributed by atoms with Gasteiger partial charge in [-0.1, -0.05) is 6.92 Å². The fraction of sp³-hybridized carbons (Fsp3) is 0.739. The Hall–Kier alpha value is -2.17. The van der Waals surface area contributed by atoms with Gasteiger partial charge in [-0.2, -0.15) is 4.98 Å². The van der Waals surface area contributed by atoms with E-state index in [9.17, 15) is 9.18 Å². The Labute approximate surface area is 196 Å². The van der Waals surface area contributed by atoms with Gasteiger partial charge in [-0.3, -0.25) is 10.3 Å². The van der Waals surface area contributed by atoms with Crippen molar-refractivity contribution in [2.75, 3.05) is 38.1 Å². The van der Waals surface area contributed by atoms with Crippen LogP contribution in [0.25, 0.3) is 0 Å². The molecule has 4 heterocycles. The van der Waals surface area contributed by atoms with E-state index in [1.54, 1.807) is 0 Å². The third-order valence-corrected chi connectivity index (χ3v) is 7.50. The molecule has 3 saturated heterocycles. The third kappa shape index (κ3) is 4.36. The number of pyridine rings is 1. The molecule has 5 atom stereocenters. The van der Waals surface area contributed by atoms with Gasteiger partial charge in [-0.05, 0) is 47.2 Å². The summed E-state index contributed by atoms with van der Waals surface area (Å²) in [6.07, 6.45) is -0.278. The molecular formula is C23H38FN7O2. The van der Waals surface area contributed by atoms with Crippen LogP contribution < -0.4 is 20.9 Å². The van der Waals surface area contributed by atoms with Crippen LogP contribution in [0.2, 0.25) is 0 Å². The van der Waals surface area contributed by atoms with Crippen molar-refractivity contribution in [1.29, 1.82) is 0 Å². The number of hydrazine groups is 1. The van der Waals surface area contributed by atoms with E-state index in [0.717, 1.165) is 19.6 Å². The molecule has 1 aromatic rings. The second kappa shape index (κ2) is 9.23. The number of nitrogens with zero attached hydrogens (tertiary/aromatic N) is 4. The summed E-state index contributed by atoms with van der Waals surface area (Å²) in [4.78, 5) is 24.4. The number of urea groups is 1. The van der Waals surface area contributed by atoms with Crippen molar-refractivity contribution < 1.29 is 13.9 Å². The average molecular weight is 464 g/mol. The van der Waals surface area contributed by atoms with Crippen molar-refractivity contribution in [2.45, 2.75) is 71.4 Å². The van der Waals surface area contributed by atoms with Crippen molar-refractivity contribution in [1.82, 2.24) is 30.5 Å². The number of amides is 2. The molecule has 0 aromatic carbocycles. The number of ether oxygens (including phenoxy) is 1. The number of halogens is 1. The molecule has 4 rings (SSSR count). The number of carbonyl (C=O) groups excluding carboxylic acids is 1. The Morgan fingerprint density at radius 3 is 2.67 bits per heavy atom. The summed E-state index contributed by atoms with van der Waals surface area (Å²) in [6.45, 7) is 16.2. The molecule has 0 spiro atoms. The zero-order chi connectivity index (χ0) is 23.9. The van der Waals surface area contributed by atoms with Gasteiger partial charge in [-0.25, -0.2) is 14.6 Å². The van der Waals surface area contributed by atoms with Crippen LogP contribution >= 0.6 is 0 Å². The zero-order valence-electron chi connectivity index (χ0n) is 20.6. The first-order valence-electron chi connectivity index (χ1n) is 12.1. The van der Waals surface area contributed by atoms with Gasteiger partial charge in [0, 0.05) is 43.7 Å². The SMILES string of the molecule is CCOc1ccc(F)c(NC2NNC3C2CN(C(=O)N2C[C@@H](C)N(CC)C[C@@H]2C)C3(C)C)n1. The van der Waals surface area contributed by atoms with Crippen LogP contribution in [0, 0.1) is 11.7 Å². The third-order valence-electron chi connectivity index (χ3n) is 7.50. The maximum atomic E-state index is 14.4. The molecule has 33 heavy (non-hydrogen) atoms. The highest BCUT2D eigenvalue weighted by Gasteiger charge is 2.56. The standard InChI is InChI=1S/C23H38FN7O2/c1-7-29-11-15(4)30(12-14(29)3)22(32)31-13-16-19(23(31,5)6)27-28-20(16)26-21-17(24)9-10-18(25-21)33-8-2/h9-10,14-16,19-20,27-28H,7-8,11-13H2,1-6H3,(H,25,26)/t14-,15+,16?,19?,20?/m1/s1. The molecule has 0 saturated carbocycles. The van der Waals surface area contributed by atoms with Gasteiger partial charge in [0.2, 0.25) is 5.88 Å². The summed E-state index contributed by atoms with van der Waals surface area (Å²) in [5, 5.41) is 3.19. The lowest BCUT2D eigenvalue weighted by Gasteiger charge is -2.47. The maximum Gasteiger partial charge on any atom is 0.320 e. The van der Waals surface area contributed by atoms with Crippen molar-refractivity contribution in [2.24, 2.45) is 5.92 Å². The lowest BCUT2D eigenvalue weighted by molar-refractivity contribution is 0.0412. The van der Waals surface area contributed by atoms with E-state index in [4.69, 9.17) is 4.74 Å². The lowest BCUT2D eigenvalue weighted by atomic mass is 9.90. The summed E-state index contributed by atoms with van der Waals surface area (Å²) in [5.41, 5.74) is 6.18. The summed E-state index contributed by atoms with van der Waals surface area (Å²) in [7, 11) is 0. The van der Waals surface area contributed by atoms with Crippen LogP contribution in [0.1, 0.15) is 41.5 Å². The number of aromatic nitrogens is 1. The minimum absolute atomic E-state index is 0.0155. The molecule has 3 aliphatic heterocycles. The smallest absolute Gasteiger partial charge is 0.320 e. The van der Waals surface area contributed by atoms with Crippen molar-refractivity contribution in [3.8, 4) is 5.88 Å². The molecule has 3 N–H and O–H groups in total. The minimum Gasteiger partial charge on any atom is -0.478 e. The number of piperazine rings is 1. The van der Waals surface area contributed by atoms with Gasteiger partial charge < -0.3 is 19.9 Å². The molecule has 3 unspecified atom stereocenters. The molecular weight excluding hydrogens is 425 g/mol. The number of hydrogen-bond donors (Lipinski definition) is 3. The zero-order valence-corrected chi connectivity index (χ0v) is 20.6. The molecule has 10 heteroatoms. The first kappa shape index (κ1) is 24.0. The number of nitrogens with one attached hydrogen (secondary N) is 3. The van der Waals surface area contributed by atoms with E-state index in [0.29, 0.717) is 25.1 Å². The van der Waals surface area contributed by atoms with E-state index in [1.807, 2.05) is 16.7 Å². The lowest BCUT2D eigenvalue weighted by Crippen LogP contribution is -2.63. The molecule has 3 aliphatic rings. The second-order valence-electron chi connectivity index (χ2n) is 9.95. The van der Waals surface area contributed by atoms with E-state index >= 15 is 0 Å². The predicted octanol–water partition coefficient (Wildman–Crippen LogP) is 2.08. The number of anilines is 1. The van der Waals surface area contributed by atoms with Crippen molar-refractivity contribution in [3.63, 3.8) is 0 Å².